The zero-order valence-corrected chi connectivity index (χ0v) is 17.3. The molecule has 0 aliphatic carbocycles. The fourth-order valence-corrected chi connectivity index (χ4v) is 5.46. The highest BCUT2D eigenvalue weighted by Crippen LogP contribution is 2.29. The largest absolute Gasteiger partial charge is 0.423 e. The van der Waals surface area contributed by atoms with E-state index in [-0.39, 0.29) is 4.90 Å². The number of thiazole rings is 1. The fourth-order valence-electron chi connectivity index (χ4n) is 2.74. The Hall–Kier alpha value is -2.33. The van der Waals surface area contributed by atoms with Crippen molar-refractivity contribution in [2.45, 2.75) is 18.2 Å². The first-order valence-corrected chi connectivity index (χ1v) is 11.6. The summed E-state index contributed by atoms with van der Waals surface area (Å²) < 4.78 is 32.8. The second-order valence-corrected chi connectivity index (χ2v) is 10.1. The minimum atomic E-state index is -3.65. The first kappa shape index (κ1) is 19.0. The summed E-state index contributed by atoms with van der Waals surface area (Å²) in [4.78, 5) is 18.0. The maximum atomic E-state index is 12.6. The molecule has 144 valence electrons. The number of fused-ring (bicyclic) bond motifs is 1. The minimum Gasteiger partial charge on any atom is -0.423 e. The van der Waals surface area contributed by atoms with Gasteiger partial charge in [-0.3, -0.25) is 0 Å². The highest BCUT2D eigenvalue weighted by molar-refractivity contribution is 7.89. The van der Waals surface area contributed by atoms with Crippen LogP contribution in [0.2, 0.25) is 0 Å². The molecule has 1 N–H and O–H groups in total. The van der Waals surface area contributed by atoms with Crippen LogP contribution in [0.25, 0.3) is 21.5 Å². The molecule has 3 aromatic heterocycles. The molecule has 6 nitrogen and oxygen atoms in total. The molecule has 0 aliphatic rings. The zero-order valence-electron chi connectivity index (χ0n) is 14.8. The standard InChI is InChI=1S/C19H16N2O4S3/c1-12-21-16(11-26-12)18-6-3-14(27-18)8-9-20-28(23,24)15-4-5-17-13(10-15)2-7-19(22)25-17/h2-7,10-11,20H,8-9H2,1H3. The highest BCUT2D eigenvalue weighted by Gasteiger charge is 2.15. The van der Waals surface area contributed by atoms with E-state index in [9.17, 15) is 13.2 Å². The van der Waals surface area contributed by atoms with E-state index in [1.54, 1.807) is 28.7 Å². The van der Waals surface area contributed by atoms with Gasteiger partial charge in [-0.25, -0.2) is 22.9 Å². The third-order valence-electron chi connectivity index (χ3n) is 4.10. The highest BCUT2D eigenvalue weighted by atomic mass is 32.2. The Morgan fingerprint density at radius 2 is 2.00 bits per heavy atom. The molecule has 0 spiro atoms. The number of thiophene rings is 1. The molecule has 0 aliphatic heterocycles. The van der Waals surface area contributed by atoms with E-state index >= 15 is 0 Å². The molecule has 9 heteroatoms. The van der Waals surface area contributed by atoms with Crippen LogP contribution in [-0.2, 0) is 16.4 Å². The first-order chi connectivity index (χ1) is 13.4. The summed E-state index contributed by atoms with van der Waals surface area (Å²) in [5, 5.41) is 3.60. The maximum Gasteiger partial charge on any atom is 0.336 e. The summed E-state index contributed by atoms with van der Waals surface area (Å²) >= 11 is 3.22. The molecule has 0 saturated heterocycles. The van der Waals surface area contributed by atoms with Gasteiger partial charge >= 0.3 is 5.63 Å². The van der Waals surface area contributed by atoms with Gasteiger partial charge in [-0.15, -0.1) is 22.7 Å². The Morgan fingerprint density at radius 3 is 2.79 bits per heavy atom. The Labute approximate surface area is 169 Å². The number of benzene rings is 1. The second kappa shape index (κ2) is 7.59. The van der Waals surface area contributed by atoms with Crippen molar-refractivity contribution in [3.63, 3.8) is 0 Å². The lowest BCUT2D eigenvalue weighted by atomic mass is 10.2. The number of rotatable bonds is 6. The monoisotopic (exact) mass is 432 g/mol. The molecular formula is C19H16N2O4S3. The Bertz CT molecular complexity index is 1300. The SMILES string of the molecule is Cc1nc(-c2ccc(CCNS(=O)(=O)c3ccc4oc(=O)ccc4c3)s2)cs1. The first-order valence-electron chi connectivity index (χ1n) is 8.45. The normalized spacial score (nSPS) is 11.9. The number of nitrogens with zero attached hydrogens (tertiary/aromatic N) is 1. The number of aryl methyl sites for hydroxylation is 1. The Kier molecular flexibility index (Phi) is 5.15. The van der Waals surface area contributed by atoms with E-state index in [1.807, 2.05) is 24.4 Å². The van der Waals surface area contributed by atoms with Gasteiger partial charge in [0.05, 0.1) is 20.5 Å². The molecular weight excluding hydrogens is 416 g/mol. The lowest BCUT2D eigenvalue weighted by molar-refractivity contribution is 0.560. The van der Waals surface area contributed by atoms with Gasteiger partial charge in [-0.05, 0) is 49.7 Å². The van der Waals surface area contributed by atoms with Crippen molar-refractivity contribution in [1.82, 2.24) is 9.71 Å². The van der Waals surface area contributed by atoms with Gasteiger partial charge in [-0.1, -0.05) is 0 Å². The summed E-state index contributed by atoms with van der Waals surface area (Å²) in [5.74, 6) is 0. The number of aromatic nitrogens is 1. The van der Waals surface area contributed by atoms with Crippen LogP contribution in [0.15, 0.2) is 62.0 Å². The lowest BCUT2D eigenvalue weighted by Crippen LogP contribution is -2.25. The fraction of sp³-hybridized carbons (Fsp3) is 0.158. The van der Waals surface area contributed by atoms with Crippen molar-refractivity contribution < 1.29 is 12.8 Å². The van der Waals surface area contributed by atoms with Crippen LogP contribution in [0, 0.1) is 6.92 Å². The van der Waals surface area contributed by atoms with E-state index in [4.69, 9.17) is 4.42 Å². The molecule has 28 heavy (non-hydrogen) atoms. The second-order valence-electron chi connectivity index (χ2n) is 6.12. The molecule has 0 bridgehead atoms. The van der Waals surface area contributed by atoms with Crippen LogP contribution in [0.5, 0.6) is 0 Å². The van der Waals surface area contributed by atoms with Crippen molar-refractivity contribution in [1.29, 1.82) is 0 Å². The van der Waals surface area contributed by atoms with Gasteiger partial charge in [0.2, 0.25) is 10.0 Å². The van der Waals surface area contributed by atoms with Crippen LogP contribution >= 0.6 is 22.7 Å². The molecule has 0 saturated carbocycles. The quantitative estimate of drug-likeness (QED) is 0.468. The molecule has 0 atom stereocenters. The topological polar surface area (TPSA) is 89.3 Å². The van der Waals surface area contributed by atoms with Gasteiger partial charge in [0.1, 0.15) is 5.58 Å². The van der Waals surface area contributed by atoms with E-state index in [0.29, 0.717) is 23.9 Å². The number of hydrogen-bond donors (Lipinski definition) is 1. The molecule has 4 rings (SSSR count). The summed E-state index contributed by atoms with van der Waals surface area (Å²) in [6.07, 6.45) is 0.593. The predicted octanol–water partition coefficient (Wildman–Crippen LogP) is 3.81. The number of sulfonamides is 1. The van der Waals surface area contributed by atoms with Crippen molar-refractivity contribution >= 4 is 43.7 Å². The van der Waals surface area contributed by atoms with Crippen LogP contribution in [0.1, 0.15) is 9.88 Å². The summed E-state index contributed by atoms with van der Waals surface area (Å²) in [7, 11) is -3.65. The zero-order chi connectivity index (χ0) is 19.7. The predicted molar refractivity (Wildman–Crippen MR) is 112 cm³/mol. The third kappa shape index (κ3) is 4.07. The Morgan fingerprint density at radius 1 is 1.14 bits per heavy atom. The molecule has 0 unspecified atom stereocenters. The molecule has 0 radical (unpaired) electrons. The summed E-state index contributed by atoms with van der Waals surface area (Å²) in [5.41, 5.74) is 0.848. The number of nitrogens with one attached hydrogen (secondary N) is 1. The number of hydrogen-bond acceptors (Lipinski definition) is 7. The molecule has 0 fully saturated rings. The summed E-state index contributed by atoms with van der Waals surface area (Å²) in [6.45, 7) is 2.26. The van der Waals surface area contributed by atoms with E-state index < -0.39 is 15.6 Å². The molecule has 3 heterocycles. The molecule has 0 amide bonds. The van der Waals surface area contributed by atoms with Crippen LogP contribution in [-0.4, -0.2) is 19.9 Å². The van der Waals surface area contributed by atoms with Gasteiger partial charge in [-0.2, -0.15) is 0 Å². The van der Waals surface area contributed by atoms with Crippen LogP contribution in [0.4, 0.5) is 0 Å². The Balaban J connectivity index is 1.43. The lowest BCUT2D eigenvalue weighted by Gasteiger charge is -2.07. The average molecular weight is 433 g/mol. The van der Waals surface area contributed by atoms with Gasteiger partial charge in [0.15, 0.2) is 0 Å². The third-order valence-corrected chi connectivity index (χ3v) is 7.50. The minimum absolute atomic E-state index is 0.138. The van der Waals surface area contributed by atoms with Crippen molar-refractivity contribution in [3.8, 4) is 10.6 Å². The molecule has 4 aromatic rings. The average Bonchev–Trinajstić information content (AvgIpc) is 3.30. The van der Waals surface area contributed by atoms with Crippen molar-refractivity contribution in [3.05, 3.63) is 68.1 Å². The van der Waals surface area contributed by atoms with E-state index in [0.717, 1.165) is 20.5 Å². The van der Waals surface area contributed by atoms with Crippen LogP contribution < -0.4 is 10.3 Å². The van der Waals surface area contributed by atoms with Crippen LogP contribution in [0.3, 0.4) is 0 Å². The van der Waals surface area contributed by atoms with Gasteiger partial charge in [0, 0.05) is 28.3 Å². The smallest absolute Gasteiger partial charge is 0.336 e. The van der Waals surface area contributed by atoms with Crippen molar-refractivity contribution in [2.24, 2.45) is 0 Å². The molecule has 1 aromatic carbocycles. The van der Waals surface area contributed by atoms with Gasteiger partial charge < -0.3 is 4.42 Å². The van der Waals surface area contributed by atoms with Gasteiger partial charge in [0.25, 0.3) is 0 Å². The van der Waals surface area contributed by atoms with E-state index in [1.165, 1.54) is 24.3 Å². The summed E-state index contributed by atoms with van der Waals surface area (Å²) in [6, 6.07) is 11.3. The maximum absolute atomic E-state index is 12.6. The van der Waals surface area contributed by atoms with Crippen molar-refractivity contribution in [2.75, 3.05) is 6.54 Å². The van der Waals surface area contributed by atoms with E-state index in [2.05, 4.69) is 9.71 Å².